The molecule has 0 saturated carbocycles. The summed E-state index contributed by atoms with van der Waals surface area (Å²) in [4.78, 5) is 26.0. The first-order chi connectivity index (χ1) is 15.1. The molecule has 1 aromatic heterocycles. The number of fused-ring (bicyclic) bond motifs is 4. The van der Waals surface area contributed by atoms with Crippen LogP contribution in [0.5, 0.6) is 11.5 Å². The third-order valence-corrected chi connectivity index (χ3v) is 5.65. The first kappa shape index (κ1) is 19.2. The Balaban J connectivity index is 1.81. The highest BCUT2D eigenvalue weighted by Gasteiger charge is 2.45. The summed E-state index contributed by atoms with van der Waals surface area (Å²) in [6, 6.07) is 18.5. The molecule has 31 heavy (non-hydrogen) atoms. The maximum atomic E-state index is 13.1. The van der Waals surface area contributed by atoms with E-state index in [0.29, 0.717) is 28.0 Å². The van der Waals surface area contributed by atoms with Gasteiger partial charge in [0.1, 0.15) is 17.1 Å². The van der Waals surface area contributed by atoms with Gasteiger partial charge in [-0.3, -0.25) is 0 Å². The normalized spacial score (nSPS) is 17.4. The molecule has 1 aliphatic rings. The molecule has 2 heterocycles. The third-order valence-electron chi connectivity index (χ3n) is 5.65. The van der Waals surface area contributed by atoms with Gasteiger partial charge in [-0.05, 0) is 36.1 Å². The molecule has 5 rings (SSSR count). The second-order valence-electron chi connectivity index (χ2n) is 7.30. The number of hydrogen-bond acceptors (Lipinski definition) is 6. The van der Waals surface area contributed by atoms with E-state index in [4.69, 9.17) is 18.6 Å². The molecule has 3 aromatic carbocycles. The van der Waals surface area contributed by atoms with Gasteiger partial charge >= 0.3 is 11.6 Å². The largest absolute Gasteiger partial charge is 0.496 e. The molecule has 156 valence electrons. The summed E-state index contributed by atoms with van der Waals surface area (Å²) in [6.45, 7) is 1.95. The number of methoxy groups -OCH3 is 1. The van der Waals surface area contributed by atoms with Crippen molar-refractivity contribution in [2.75, 3.05) is 13.7 Å². The SMILES string of the molecule is CCOC(=O)[C@H]1Oc2c(c(=O)oc3ccccc23)[C@@H]1c1ccc(OC)c2ccccc12. The van der Waals surface area contributed by atoms with Crippen LogP contribution < -0.4 is 15.1 Å². The first-order valence-corrected chi connectivity index (χ1v) is 10.1. The van der Waals surface area contributed by atoms with Crippen molar-refractivity contribution in [1.29, 1.82) is 0 Å². The zero-order chi connectivity index (χ0) is 21.5. The zero-order valence-electron chi connectivity index (χ0n) is 17.1. The van der Waals surface area contributed by atoms with E-state index in [9.17, 15) is 9.59 Å². The van der Waals surface area contributed by atoms with Crippen molar-refractivity contribution in [1.82, 2.24) is 0 Å². The fraction of sp³-hybridized carbons (Fsp3) is 0.200. The number of benzene rings is 3. The molecular weight excluding hydrogens is 396 g/mol. The minimum absolute atomic E-state index is 0.209. The average Bonchev–Trinajstić information content (AvgIpc) is 3.20. The molecule has 0 bridgehead atoms. The maximum absolute atomic E-state index is 13.1. The number of hydrogen-bond donors (Lipinski definition) is 0. The van der Waals surface area contributed by atoms with Crippen molar-refractivity contribution in [2.45, 2.75) is 18.9 Å². The van der Waals surface area contributed by atoms with Gasteiger partial charge < -0.3 is 18.6 Å². The topological polar surface area (TPSA) is 75.0 Å². The van der Waals surface area contributed by atoms with Crippen molar-refractivity contribution in [2.24, 2.45) is 0 Å². The van der Waals surface area contributed by atoms with Crippen LogP contribution in [-0.2, 0) is 9.53 Å². The van der Waals surface area contributed by atoms with Gasteiger partial charge in [0.15, 0.2) is 0 Å². The van der Waals surface area contributed by atoms with Crippen LogP contribution in [0.25, 0.3) is 21.7 Å². The molecule has 0 saturated heterocycles. The molecule has 6 nitrogen and oxygen atoms in total. The van der Waals surface area contributed by atoms with Crippen LogP contribution in [0.2, 0.25) is 0 Å². The Bertz CT molecular complexity index is 1370. The van der Waals surface area contributed by atoms with Crippen LogP contribution in [0, 0.1) is 0 Å². The van der Waals surface area contributed by atoms with E-state index in [1.165, 1.54) is 0 Å². The summed E-state index contributed by atoms with van der Waals surface area (Å²) in [7, 11) is 1.61. The van der Waals surface area contributed by atoms with Crippen LogP contribution in [0.4, 0.5) is 0 Å². The van der Waals surface area contributed by atoms with E-state index in [1.54, 1.807) is 26.2 Å². The first-order valence-electron chi connectivity index (χ1n) is 10.1. The predicted molar refractivity (Wildman–Crippen MR) is 116 cm³/mol. The van der Waals surface area contributed by atoms with Crippen LogP contribution in [0.1, 0.15) is 24.0 Å². The Labute approximate surface area is 178 Å². The second-order valence-corrected chi connectivity index (χ2v) is 7.30. The van der Waals surface area contributed by atoms with Crippen molar-refractivity contribution >= 4 is 27.7 Å². The number of ether oxygens (including phenoxy) is 3. The summed E-state index contributed by atoms with van der Waals surface area (Å²) >= 11 is 0. The summed E-state index contributed by atoms with van der Waals surface area (Å²) in [5.74, 6) is -0.121. The molecule has 0 fully saturated rings. The van der Waals surface area contributed by atoms with Gasteiger partial charge in [-0.25, -0.2) is 9.59 Å². The summed E-state index contributed by atoms with van der Waals surface area (Å²) < 4.78 is 22.5. The molecule has 0 amide bonds. The molecule has 0 N–H and O–H groups in total. The molecular formula is C25H20O6. The number of carbonyl (C=O) groups is 1. The van der Waals surface area contributed by atoms with Gasteiger partial charge in [0.2, 0.25) is 6.10 Å². The Hall–Kier alpha value is -3.80. The van der Waals surface area contributed by atoms with Crippen molar-refractivity contribution in [3.63, 3.8) is 0 Å². The molecule has 0 aliphatic carbocycles. The van der Waals surface area contributed by atoms with Crippen molar-refractivity contribution in [3.05, 3.63) is 82.2 Å². The minimum atomic E-state index is -1.000. The molecule has 1 aliphatic heterocycles. The summed E-state index contributed by atoms with van der Waals surface area (Å²) in [5, 5.41) is 2.39. The van der Waals surface area contributed by atoms with Crippen LogP contribution in [0.3, 0.4) is 0 Å². The predicted octanol–water partition coefficient (Wildman–Crippen LogP) is 4.41. The van der Waals surface area contributed by atoms with Gasteiger partial charge in [0, 0.05) is 5.39 Å². The van der Waals surface area contributed by atoms with E-state index < -0.39 is 23.6 Å². The van der Waals surface area contributed by atoms with Crippen molar-refractivity contribution < 1.29 is 23.4 Å². The fourth-order valence-electron chi connectivity index (χ4n) is 4.35. The summed E-state index contributed by atoms with van der Waals surface area (Å²) in [6.07, 6.45) is -1.000. The third kappa shape index (κ3) is 2.94. The Kier molecular flexibility index (Phi) is 4.62. The maximum Gasteiger partial charge on any atom is 0.348 e. The van der Waals surface area contributed by atoms with E-state index in [0.717, 1.165) is 16.3 Å². The lowest BCUT2D eigenvalue weighted by Gasteiger charge is -2.20. The zero-order valence-corrected chi connectivity index (χ0v) is 17.1. The molecule has 0 unspecified atom stereocenters. The highest BCUT2D eigenvalue weighted by atomic mass is 16.6. The van der Waals surface area contributed by atoms with Crippen LogP contribution >= 0.6 is 0 Å². The van der Waals surface area contributed by atoms with Crippen LogP contribution in [-0.4, -0.2) is 25.8 Å². The second kappa shape index (κ2) is 7.47. The van der Waals surface area contributed by atoms with E-state index in [-0.39, 0.29) is 6.61 Å². The Morgan fingerprint density at radius 2 is 1.68 bits per heavy atom. The van der Waals surface area contributed by atoms with Gasteiger partial charge in [-0.1, -0.05) is 42.5 Å². The highest BCUT2D eigenvalue weighted by molar-refractivity contribution is 5.94. The van der Waals surface area contributed by atoms with E-state index >= 15 is 0 Å². The molecule has 4 aromatic rings. The molecule has 0 spiro atoms. The van der Waals surface area contributed by atoms with Crippen molar-refractivity contribution in [3.8, 4) is 11.5 Å². The number of carbonyl (C=O) groups excluding carboxylic acids is 1. The van der Waals surface area contributed by atoms with Gasteiger partial charge in [-0.2, -0.15) is 0 Å². The monoisotopic (exact) mass is 416 g/mol. The Morgan fingerprint density at radius 3 is 2.42 bits per heavy atom. The van der Waals surface area contributed by atoms with Gasteiger partial charge in [0.05, 0.1) is 30.6 Å². The lowest BCUT2D eigenvalue weighted by atomic mass is 9.85. The number of esters is 1. The number of rotatable bonds is 4. The standard InChI is InChI=1S/C25H20O6/c1-3-29-25(27)23-20(16-12-13-18(28-2)15-9-5-4-8-14(15)16)21-22(31-23)17-10-6-7-11-19(17)30-24(21)26/h4-13,20,23H,3H2,1-2H3/t20-,23-/m0/s1. The van der Waals surface area contributed by atoms with Crippen LogP contribution in [0.15, 0.2) is 69.9 Å². The molecule has 0 radical (unpaired) electrons. The van der Waals surface area contributed by atoms with E-state index in [2.05, 4.69) is 0 Å². The smallest absolute Gasteiger partial charge is 0.348 e. The number of para-hydroxylation sites is 1. The van der Waals surface area contributed by atoms with E-state index in [1.807, 2.05) is 48.5 Å². The summed E-state index contributed by atoms with van der Waals surface area (Å²) in [5.41, 5.74) is 0.988. The lowest BCUT2D eigenvalue weighted by Crippen LogP contribution is -2.32. The lowest BCUT2D eigenvalue weighted by molar-refractivity contribution is -0.151. The minimum Gasteiger partial charge on any atom is -0.496 e. The molecule has 2 atom stereocenters. The molecule has 6 heteroatoms. The fourth-order valence-corrected chi connectivity index (χ4v) is 4.35. The van der Waals surface area contributed by atoms with Gasteiger partial charge in [0.25, 0.3) is 0 Å². The quantitative estimate of drug-likeness (QED) is 0.362. The highest BCUT2D eigenvalue weighted by Crippen LogP contribution is 2.47. The Morgan fingerprint density at radius 1 is 0.968 bits per heavy atom. The average molecular weight is 416 g/mol. The van der Waals surface area contributed by atoms with Gasteiger partial charge in [-0.15, -0.1) is 0 Å².